The third-order valence-electron chi connectivity index (χ3n) is 4.31. The first-order valence-electron chi connectivity index (χ1n) is 7.37. The van der Waals surface area contributed by atoms with E-state index in [1.807, 2.05) is 0 Å². The molecule has 1 fully saturated rings. The van der Waals surface area contributed by atoms with Crippen LogP contribution in [0.2, 0.25) is 0 Å². The zero-order chi connectivity index (χ0) is 14.3. The number of aromatic nitrogens is 1. The number of fused-ring (bicyclic) bond motifs is 1. The van der Waals surface area contributed by atoms with E-state index in [0.29, 0.717) is 12.0 Å². The fourth-order valence-electron chi connectivity index (χ4n) is 2.68. The van der Waals surface area contributed by atoms with Crippen LogP contribution in [-0.4, -0.2) is 32.2 Å². The van der Waals surface area contributed by atoms with Gasteiger partial charge in [0.1, 0.15) is 10.3 Å². The van der Waals surface area contributed by atoms with Crippen molar-refractivity contribution in [1.29, 1.82) is 0 Å². The van der Waals surface area contributed by atoms with Gasteiger partial charge in [-0.1, -0.05) is 0 Å². The first-order valence-corrected chi connectivity index (χ1v) is 10.1. The second-order valence-electron chi connectivity index (χ2n) is 6.10. The molecule has 0 spiro atoms. The van der Waals surface area contributed by atoms with Crippen molar-refractivity contribution in [2.45, 2.75) is 56.2 Å². The van der Waals surface area contributed by atoms with Crippen LogP contribution in [0.25, 0.3) is 0 Å². The first kappa shape index (κ1) is 14.5. The van der Waals surface area contributed by atoms with Crippen molar-refractivity contribution in [2.75, 3.05) is 12.8 Å². The van der Waals surface area contributed by atoms with Gasteiger partial charge in [-0.2, -0.15) is 0 Å². The van der Waals surface area contributed by atoms with E-state index in [0.717, 1.165) is 18.0 Å². The van der Waals surface area contributed by atoms with Crippen LogP contribution in [0.4, 0.5) is 0 Å². The lowest BCUT2D eigenvalue weighted by atomic mass is 9.91. The lowest BCUT2D eigenvalue weighted by Crippen LogP contribution is -2.25. The second-order valence-corrected chi connectivity index (χ2v) is 9.59. The van der Waals surface area contributed by atoms with Gasteiger partial charge in [0.2, 0.25) is 0 Å². The van der Waals surface area contributed by atoms with E-state index in [4.69, 9.17) is 4.98 Å². The van der Waals surface area contributed by atoms with E-state index in [1.54, 1.807) is 18.3 Å². The van der Waals surface area contributed by atoms with Crippen LogP contribution in [0.1, 0.15) is 59.4 Å². The summed E-state index contributed by atoms with van der Waals surface area (Å²) in [6, 6.07) is 0.716. The Bertz CT molecular complexity index is 590. The highest BCUT2D eigenvalue weighted by Gasteiger charge is 2.30. The molecule has 1 saturated carbocycles. The quantitative estimate of drug-likeness (QED) is 0.907. The number of nitrogens with one attached hydrogen (secondary N) is 1. The molecule has 0 aliphatic heterocycles. The van der Waals surface area contributed by atoms with Crippen LogP contribution in [0, 0.1) is 0 Å². The second kappa shape index (κ2) is 5.39. The van der Waals surface area contributed by atoms with Crippen molar-refractivity contribution >= 4 is 21.2 Å². The Morgan fingerprint density at radius 1 is 1.40 bits per heavy atom. The number of hydrogen-bond donors (Lipinski definition) is 1. The van der Waals surface area contributed by atoms with E-state index in [9.17, 15) is 8.42 Å². The molecule has 0 saturated heterocycles. The molecule has 2 unspecified atom stereocenters. The molecule has 0 bridgehead atoms. The highest BCUT2D eigenvalue weighted by atomic mass is 32.2. The molecule has 3 rings (SSSR count). The van der Waals surface area contributed by atoms with Gasteiger partial charge in [0.15, 0.2) is 9.84 Å². The smallest absolute Gasteiger partial charge is 0.156 e. The van der Waals surface area contributed by atoms with E-state index in [2.05, 4.69) is 5.32 Å². The van der Waals surface area contributed by atoms with Gasteiger partial charge in [-0.25, -0.2) is 13.4 Å². The molecular formula is C14H22N2O2S2. The Morgan fingerprint density at radius 2 is 2.15 bits per heavy atom. The molecule has 2 aliphatic rings. The molecule has 0 amide bonds. The molecule has 2 atom stereocenters. The minimum atomic E-state index is -3.06. The molecule has 20 heavy (non-hydrogen) atoms. The van der Waals surface area contributed by atoms with E-state index in [-0.39, 0.29) is 0 Å². The molecule has 1 aromatic heterocycles. The summed E-state index contributed by atoms with van der Waals surface area (Å²) in [4.78, 5) is 6.01. The SMILES string of the molecule is CC(c1nc2c(s1)CCCC2CNC1CC1)S(C)(=O)=O. The van der Waals surface area contributed by atoms with Crippen molar-refractivity contribution in [2.24, 2.45) is 0 Å². The fourth-order valence-corrected chi connectivity index (χ4v) is 4.89. The summed E-state index contributed by atoms with van der Waals surface area (Å²) < 4.78 is 23.4. The zero-order valence-electron chi connectivity index (χ0n) is 12.1. The van der Waals surface area contributed by atoms with Crippen LogP contribution < -0.4 is 5.32 Å². The minimum absolute atomic E-state index is 0.469. The molecule has 1 aromatic rings. The van der Waals surface area contributed by atoms with Crippen molar-refractivity contribution in [1.82, 2.24) is 10.3 Å². The van der Waals surface area contributed by atoms with E-state index < -0.39 is 15.1 Å². The van der Waals surface area contributed by atoms with Gasteiger partial charge in [-0.15, -0.1) is 11.3 Å². The Balaban J connectivity index is 1.80. The van der Waals surface area contributed by atoms with Crippen molar-refractivity contribution in [3.05, 3.63) is 15.6 Å². The molecule has 1 heterocycles. The maximum atomic E-state index is 11.7. The molecule has 4 nitrogen and oxygen atoms in total. The highest BCUT2D eigenvalue weighted by Crippen LogP contribution is 2.38. The minimum Gasteiger partial charge on any atom is -0.313 e. The predicted octanol–water partition coefficient (Wildman–Crippen LogP) is 2.42. The molecule has 0 aromatic carbocycles. The predicted molar refractivity (Wildman–Crippen MR) is 82.1 cm³/mol. The number of thiazole rings is 1. The van der Waals surface area contributed by atoms with Gasteiger partial charge >= 0.3 is 0 Å². The monoisotopic (exact) mass is 314 g/mol. The molecule has 0 radical (unpaired) electrons. The maximum absolute atomic E-state index is 11.7. The molecule has 2 aliphatic carbocycles. The highest BCUT2D eigenvalue weighted by molar-refractivity contribution is 7.91. The number of rotatable bonds is 5. The molecular weight excluding hydrogens is 292 g/mol. The summed E-state index contributed by atoms with van der Waals surface area (Å²) in [7, 11) is -3.06. The van der Waals surface area contributed by atoms with Crippen molar-refractivity contribution < 1.29 is 8.42 Å². The van der Waals surface area contributed by atoms with E-state index in [1.165, 1.54) is 42.5 Å². The van der Waals surface area contributed by atoms with Gasteiger partial charge in [0.05, 0.1) is 5.69 Å². The molecule has 1 N–H and O–H groups in total. The zero-order valence-corrected chi connectivity index (χ0v) is 13.7. The van der Waals surface area contributed by atoms with Crippen LogP contribution in [0.15, 0.2) is 0 Å². The average molecular weight is 314 g/mol. The van der Waals surface area contributed by atoms with Gasteiger partial charge in [0.25, 0.3) is 0 Å². The van der Waals surface area contributed by atoms with Crippen LogP contribution in [-0.2, 0) is 16.3 Å². The first-order chi connectivity index (χ1) is 9.45. The van der Waals surface area contributed by atoms with Crippen LogP contribution in [0.5, 0.6) is 0 Å². The summed E-state index contributed by atoms with van der Waals surface area (Å²) >= 11 is 1.61. The Morgan fingerprint density at radius 3 is 2.80 bits per heavy atom. The average Bonchev–Trinajstić information content (AvgIpc) is 3.11. The summed E-state index contributed by atoms with van der Waals surface area (Å²) in [5, 5.41) is 3.88. The van der Waals surface area contributed by atoms with Crippen LogP contribution >= 0.6 is 11.3 Å². The van der Waals surface area contributed by atoms with Gasteiger partial charge in [0, 0.05) is 29.6 Å². The standard InChI is InChI=1S/C14H22N2O2S2/c1-9(20(2,17)18)14-16-13-10(8-15-11-6-7-11)4-3-5-12(13)19-14/h9-11,15H,3-8H2,1-2H3. The third-order valence-corrected chi connectivity index (χ3v) is 7.28. The number of nitrogens with zero attached hydrogens (tertiary/aromatic N) is 1. The number of sulfone groups is 1. The largest absolute Gasteiger partial charge is 0.313 e. The summed E-state index contributed by atoms with van der Waals surface area (Å²) in [5.41, 5.74) is 1.17. The Hall–Kier alpha value is -0.460. The molecule has 6 heteroatoms. The summed E-state index contributed by atoms with van der Waals surface area (Å²) in [5.74, 6) is 0.469. The lowest BCUT2D eigenvalue weighted by molar-refractivity contribution is 0.499. The van der Waals surface area contributed by atoms with E-state index >= 15 is 0 Å². The van der Waals surface area contributed by atoms with Gasteiger partial charge < -0.3 is 5.32 Å². The van der Waals surface area contributed by atoms with Crippen LogP contribution in [0.3, 0.4) is 0 Å². The normalized spacial score (nSPS) is 24.4. The summed E-state index contributed by atoms with van der Waals surface area (Å²) in [6.07, 6.45) is 7.32. The maximum Gasteiger partial charge on any atom is 0.156 e. The molecule has 112 valence electrons. The summed E-state index contributed by atoms with van der Waals surface area (Å²) in [6.45, 7) is 2.74. The topological polar surface area (TPSA) is 59.1 Å². The lowest BCUT2D eigenvalue weighted by Gasteiger charge is -2.21. The third kappa shape index (κ3) is 3.07. The number of hydrogen-bond acceptors (Lipinski definition) is 5. The van der Waals surface area contributed by atoms with Gasteiger partial charge in [-0.3, -0.25) is 0 Å². The Kier molecular flexibility index (Phi) is 3.90. The Labute approximate surface area is 124 Å². The van der Waals surface area contributed by atoms with Crippen molar-refractivity contribution in [3.8, 4) is 0 Å². The fraction of sp³-hybridized carbons (Fsp3) is 0.786. The van der Waals surface area contributed by atoms with Gasteiger partial charge in [-0.05, 0) is 39.0 Å². The van der Waals surface area contributed by atoms with Crippen molar-refractivity contribution in [3.63, 3.8) is 0 Å². The number of aryl methyl sites for hydroxylation is 1.